The zero-order valence-corrected chi connectivity index (χ0v) is 11.3. The molecule has 0 aromatic carbocycles. The summed E-state index contributed by atoms with van der Waals surface area (Å²) in [6, 6.07) is 1.60. The third kappa shape index (κ3) is 3.25. The van der Waals surface area contributed by atoms with Gasteiger partial charge in [-0.25, -0.2) is 0 Å². The lowest BCUT2D eigenvalue weighted by Crippen LogP contribution is -2.42. The molecule has 0 radical (unpaired) electrons. The Labute approximate surface area is 106 Å². The van der Waals surface area contributed by atoms with Gasteiger partial charge in [-0.3, -0.25) is 4.79 Å². The average molecular weight is 307 g/mol. The summed E-state index contributed by atoms with van der Waals surface area (Å²) in [4.78, 5) is 12.7. The van der Waals surface area contributed by atoms with Crippen molar-refractivity contribution in [2.45, 2.75) is 19.4 Å². The van der Waals surface area contributed by atoms with Gasteiger partial charge >= 0.3 is 0 Å². The van der Waals surface area contributed by atoms with Crippen LogP contribution in [0, 0.1) is 0 Å². The van der Waals surface area contributed by atoms with Gasteiger partial charge in [0.15, 0.2) is 0 Å². The lowest BCUT2D eigenvalue weighted by Gasteiger charge is -2.14. The van der Waals surface area contributed by atoms with E-state index >= 15 is 0 Å². The molecule has 0 fully saturated rings. The van der Waals surface area contributed by atoms with Crippen LogP contribution in [0.25, 0.3) is 0 Å². The number of amides is 1. The van der Waals surface area contributed by atoms with Gasteiger partial charge in [-0.15, -0.1) is 11.3 Å². The molecule has 0 bridgehead atoms. The highest BCUT2D eigenvalue weighted by atomic mass is 79.9. The van der Waals surface area contributed by atoms with Crippen molar-refractivity contribution in [1.82, 2.24) is 5.32 Å². The van der Waals surface area contributed by atoms with Gasteiger partial charge in [0.2, 0.25) is 0 Å². The van der Waals surface area contributed by atoms with E-state index < -0.39 is 0 Å². The molecule has 0 aliphatic carbocycles. The average Bonchev–Trinajstić information content (AvgIpc) is 2.60. The summed E-state index contributed by atoms with van der Waals surface area (Å²) >= 11 is 9.53. The summed E-state index contributed by atoms with van der Waals surface area (Å²) < 4.78 is 0.794. The number of nitrogens with one attached hydrogen (secondary N) is 1. The number of hydrogen-bond donors (Lipinski definition) is 2. The molecule has 0 aliphatic heterocycles. The molecule has 0 aliphatic rings. The molecule has 1 atom stereocenters. The smallest absolute Gasteiger partial charge is 0.263 e. The van der Waals surface area contributed by atoms with Gasteiger partial charge in [0.25, 0.3) is 5.91 Å². The van der Waals surface area contributed by atoms with E-state index in [0.717, 1.165) is 4.47 Å². The first kappa shape index (κ1) is 12.6. The maximum Gasteiger partial charge on any atom is 0.263 e. The van der Waals surface area contributed by atoms with Crippen LogP contribution in [0.15, 0.2) is 15.9 Å². The van der Waals surface area contributed by atoms with E-state index in [0.29, 0.717) is 16.3 Å². The topological polar surface area (TPSA) is 55.1 Å². The van der Waals surface area contributed by atoms with Gasteiger partial charge in [-0.2, -0.15) is 0 Å². The standard InChI is InChI=1S/C9H11BrN2OS2/c1-2-6(8(11)14)12-9(13)7-5(10)3-4-15-7/h3-4,6H,2H2,1H3,(H2,11,14)(H,12,13). The fourth-order valence-electron chi connectivity index (χ4n) is 1.05. The first-order chi connectivity index (χ1) is 7.06. The second-order valence-corrected chi connectivity index (χ2v) is 5.18. The number of hydrogen-bond acceptors (Lipinski definition) is 3. The minimum absolute atomic E-state index is 0.142. The molecule has 1 rings (SSSR count). The van der Waals surface area contributed by atoms with Gasteiger partial charge in [-0.1, -0.05) is 19.1 Å². The molecule has 3 N–H and O–H groups in total. The fourth-order valence-corrected chi connectivity index (χ4v) is 2.73. The highest BCUT2D eigenvalue weighted by Crippen LogP contribution is 2.22. The maximum absolute atomic E-state index is 11.8. The maximum atomic E-state index is 11.8. The van der Waals surface area contributed by atoms with Gasteiger partial charge < -0.3 is 11.1 Å². The van der Waals surface area contributed by atoms with E-state index in [1.165, 1.54) is 11.3 Å². The van der Waals surface area contributed by atoms with Crippen LogP contribution in [0.1, 0.15) is 23.0 Å². The summed E-state index contributed by atoms with van der Waals surface area (Å²) in [5.41, 5.74) is 5.50. The van der Waals surface area contributed by atoms with Crippen molar-refractivity contribution in [2.75, 3.05) is 0 Å². The Bertz CT molecular complexity index is 378. The molecule has 6 heteroatoms. The first-order valence-corrected chi connectivity index (χ1v) is 6.47. The molecule has 1 aromatic heterocycles. The van der Waals surface area contributed by atoms with E-state index in [-0.39, 0.29) is 11.9 Å². The van der Waals surface area contributed by atoms with Crippen molar-refractivity contribution in [2.24, 2.45) is 5.73 Å². The minimum Gasteiger partial charge on any atom is -0.392 e. The van der Waals surface area contributed by atoms with Crippen LogP contribution in [0.5, 0.6) is 0 Å². The fraction of sp³-hybridized carbons (Fsp3) is 0.333. The Balaban J connectivity index is 2.71. The first-order valence-electron chi connectivity index (χ1n) is 4.39. The van der Waals surface area contributed by atoms with Gasteiger partial charge in [0.1, 0.15) is 4.88 Å². The number of thiophene rings is 1. The summed E-state index contributed by atoms with van der Waals surface area (Å²) in [7, 11) is 0. The predicted molar refractivity (Wildman–Crippen MR) is 70.3 cm³/mol. The second-order valence-electron chi connectivity index (χ2n) is 2.93. The van der Waals surface area contributed by atoms with Crippen LogP contribution in [0.2, 0.25) is 0 Å². The number of halogens is 1. The number of rotatable bonds is 4. The summed E-state index contributed by atoms with van der Waals surface area (Å²) in [5, 5.41) is 4.63. The van der Waals surface area contributed by atoms with Crippen LogP contribution < -0.4 is 11.1 Å². The van der Waals surface area contributed by atoms with Crippen molar-refractivity contribution >= 4 is 50.4 Å². The number of carbonyl (C=O) groups excluding carboxylic acids is 1. The number of thiocarbonyl (C=S) groups is 1. The largest absolute Gasteiger partial charge is 0.392 e. The normalized spacial score (nSPS) is 12.1. The number of carbonyl (C=O) groups is 1. The zero-order valence-electron chi connectivity index (χ0n) is 8.12. The highest BCUT2D eigenvalue weighted by Gasteiger charge is 2.16. The molecule has 0 saturated carbocycles. The summed E-state index contributed by atoms with van der Waals surface area (Å²) in [6.07, 6.45) is 0.698. The molecule has 1 unspecified atom stereocenters. The van der Waals surface area contributed by atoms with Crippen LogP contribution in [0.3, 0.4) is 0 Å². The van der Waals surface area contributed by atoms with Crippen molar-refractivity contribution in [1.29, 1.82) is 0 Å². The lowest BCUT2D eigenvalue weighted by atomic mass is 10.2. The lowest BCUT2D eigenvalue weighted by molar-refractivity contribution is 0.0950. The molecule has 1 amide bonds. The highest BCUT2D eigenvalue weighted by molar-refractivity contribution is 9.10. The van der Waals surface area contributed by atoms with Crippen molar-refractivity contribution in [3.63, 3.8) is 0 Å². The molecule has 1 aromatic rings. The van der Waals surface area contributed by atoms with Gasteiger partial charge in [-0.05, 0) is 33.8 Å². The quantitative estimate of drug-likeness (QED) is 0.839. The minimum atomic E-state index is -0.235. The molecular weight excluding hydrogens is 296 g/mol. The molecule has 15 heavy (non-hydrogen) atoms. The summed E-state index contributed by atoms with van der Waals surface area (Å²) in [6.45, 7) is 1.92. The van der Waals surface area contributed by atoms with E-state index in [4.69, 9.17) is 18.0 Å². The Hall–Kier alpha value is -0.460. The van der Waals surface area contributed by atoms with Crippen LogP contribution >= 0.6 is 39.5 Å². The predicted octanol–water partition coefficient (Wildman–Crippen LogP) is 2.31. The third-order valence-electron chi connectivity index (χ3n) is 1.88. The molecule has 82 valence electrons. The van der Waals surface area contributed by atoms with Crippen LogP contribution in [-0.4, -0.2) is 16.9 Å². The van der Waals surface area contributed by atoms with E-state index in [9.17, 15) is 4.79 Å². The van der Waals surface area contributed by atoms with Gasteiger partial charge in [0.05, 0.1) is 11.0 Å². The van der Waals surface area contributed by atoms with Crippen LogP contribution in [-0.2, 0) is 0 Å². The van der Waals surface area contributed by atoms with E-state index in [1.807, 2.05) is 18.4 Å². The molecule has 3 nitrogen and oxygen atoms in total. The molecule has 0 saturated heterocycles. The monoisotopic (exact) mass is 306 g/mol. The molecular formula is C9H11BrN2OS2. The Kier molecular flexibility index (Phi) is 4.69. The number of nitrogens with two attached hydrogens (primary N) is 1. The Morgan fingerprint density at radius 2 is 2.47 bits per heavy atom. The van der Waals surface area contributed by atoms with Gasteiger partial charge in [0, 0.05) is 4.47 Å². The molecule has 0 spiro atoms. The zero-order chi connectivity index (χ0) is 11.4. The summed E-state index contributed by atoms with van der Waals surface area (Å²) in [5.74, 6) is -0.142. The third-order valence-corrected chi connectivity index (χ3v) is 4.00. The second kappa shape index (κ2) is 5.58. The molecule has 1 heterocycles. The Morgan fingerprint density at radius 1 is 1.80 bits per heavy atom. The Morgan fingerprint density at radius 3 is 2.87 bits per heavy atom. The van der Waals surface area contributed by atoms with E-state index in [1.54, 1.807) is 0 Å². The van der Waals surface area contributed by atoms with Crippen molar-refractivity contribution in [3.05, 3.63) is 20.8 Å². The van der Waals surface area contributed by atoms with Crippen LogP contribution in [0.4, 0.5) is 0 Å². The van der Waals surface area contributed by atoms with Crippen molar-refractivity contribution < 1.29 is 4.79 Å². The van der Waals surface area contributed by atoms with Crippen molar-refractivity contribution in [3.8, 4) is 0 Å². The van der Waals surface area contributed by atoms with E-state index in [2.05, 4.69) is 21.2 Å². The SMILES string of the molecule is CCC(NC(=O)c1sccc1Br)C(N)=S.